The highest BCUT2D eigenvalue weighted by atomic mass is 16.5. The lowest BCUT2D eigenvalue weighted by molar-refractivity contribution is 0.0497. The molecular weight excluding hydrogens is 250 g/mol. The van der Waals surface area contributed by atoms with Gasteiger partial charge in [0.05, 0.1) is 12.2 Å². The molecule has 3 heteroatoms. The summed E-state index contributed by atoms with van der Waals surface area (Å²) in [7, 11) is 0. The molecule has 0 unspecified atom stereocenters. The summed E-state index contributed by atoms with van der Waals surface area (Å²) in [6.07, 6.45) is 14.6. The first-order valence-electron chi connectivity index (χ1n) is 7.91. The van der Waals surface area contributed by atoms with Crippen molar-refractivity contribution in [3.8, 4) is 0 Å². The van der Waals surface area contributed by atoms with E-state index < -0.39 is 0 Å². The zero-order chi connectivity index (χ0) is 14.5. The van der Waals surface area contributed by atoms with Crippen LogP contribution >= 0.6 is 0 Å². The van der Waals surface area contributed by atoms with E-state index in [2.05, 4.69) is 11.9 Å². The quantitative estimate of drug-likeness (QED) is 0.432. The SMILES string of the molecule is CCCCCCCCCCCOC(=O)c1cccnc1. The van der Waals surface area contributed by atoms with E-state index in [-0.39, 0.29) is 5.97 Å². The number of rotatable bonds is 11. The van der Waals surface area contributed by atoms with Gasteiger partial charge >= 0.3 is 5.97 Å². The molecule has 0 fully saturated rings. The van der Waals surface area contributed by atoms with Crippen molar-refractivity contribution < 1.29 is 9.53 Å². The Labute approximate surface area is 122 Å². The Morgan fingerprint density at radius 3 is 2.30 bits per heavy atom. The van der Waals surface area contributed by atoms with E-state index in [1.807, 2.05) is 0 Å². The third kappa shape index (κ3) is 7.93. The lowest BCUT2D eigenvalue weighted by Gasteiger charge is -2.04. The molecular formula is C17H27NO2. The number of unbranched alkanes of at least 4 members (excludes halogenated alkanes) is 8. The van der Waals surface area contributed by atoms with E-state index in [1.165, 1.54) is 44.9 Å². The number of carbonyl (C=O) groups excluding carboxylic acids is 1. The predicted octanol–water partition coefficient (Wildman–Crippen LogP) is 4.77. The van der Waals surface area contributed by atoms with Gasteiger partial charge in [0.2, 0.25) is 0 Å². The van der Waals surface area contributed by atoms with E-state index in [0.717, 1.165) is 12.8 Å². The number of ether oxygens (including phenoxy) is 1. The van der Waals surface area contributed by atoms with E-state index in [9.17, 15) is 4.79 Å². The Morgan fingerprint density at radius 2 is 1.70 bits per heavy atom. The molecule has 0 aromatic carbocycles. The van der Waals surface area contributed by atoms with Crippen molar-refractivity contribution in [2.45, 2.75) is 64.7 Å². The summed E-state index contributed by atoms with van der Waals surface area (Å²) in [4.78, 5) is 15.5. The number of esters is 1. The maximum absolute atomic E-state index is 11.6. The largest absolute Gasteiger partial charge is 0.462 e. The lowest BCUT2D eigenvalue weighted by Crippen LogP contribution is -2.06. The molecule has 1 rings (SSSR count). The van der Waals surface area contributed by atoms with Crippen LogP contribution < -0.4 is 0 Å². The zero-order valence-electron chi connectivity index (χ0n) is 12.6. The minimum absolute atomic E-state index is 0.266. The first kappa shape index (κ1) is 16.7. The summed E-state index contributed by atoms with van der Waals surface area (Å²) in [5, 5.41) is 0. The molecule has 0 atom stereocenters. The lowest BCUT2D eigenvalue weighted by atomic mass is 10.1. The Bertz CT molecular complexity index is 351. The second-order valence-electron chi connectivity index (χ2n) is 5.21. The molecule has 0 saturated carbocycles. The van der Waals surface area contributed by atoms with Crippen LogP contribution in [0, 0.1) is 0 Å². The Kier molecular flexibility index (Phi) is 9.54. The van der Waals surface area contributed by atoms with Gasteiger partial charge in [0.25, 0.3) is 0 Å². The summed E-state index contributed by atoms with van der Waals surface area (Å²) in [5.74, 6) is -0.266. The van der Waals surface area contributed by atoms with Gasteiger partial charge in [-0.15, -0.1) is 0 Å². The summed E-state index contributed by atoms with van der Waals surface area (Å²) in [5.41, 5.74) is 0.531. The van der Waals surface area contributed by atoms with Crippen LogP contribution in [0.15, 0.2) is 24.5 Å². The topological polar surface area (TPSA) is 39.2 Å². The maximum Gasteiger partial charge on any atom is 0.339 e. The third-order valence-electron chi connectivity index (χ3n) is 3.38. The minimum Gasteiger partial charge on any atom is -0.462 e. The summed E-state index contributed by atoms with van der Waals surface area (Å²) in [6.45, 7) is 2.76. The molecule has 3 nitrogen and oxygen atoms in total. The second kappa shape index (κ2) is 11.4. The van der Waals surface area contributed by atoms with Gasteiger partial charge in [0, 0.05) is 12.4 Å². The van der Waals surface area contributed by atoms with Crippen LogP contribution in [-0.4, -0.2) is 17.6 Å². The normalized spacial score (nSPS) is 10.4. The third-order valence-corrected chi connectivity index (χ3v) is 3.38. The number of aromatic nitrogens is 1. The smallest absolute Gasteiger partial charge is 0.339 e. The molecule has 1 aromatic heterocycles. The number of nitrogens with zero attached hydrogens (tertiary/aromatic N) is 1. The molecule has 112 valence electrons. The average molecular weight is 277 g/mol. The van der Waals surface area contributed by atoms with E-state index in [1.54, 1.807) is 24.5 Å². The first-order chi connectivity index (χ1) is 9.84. The maximum atomic E-state index is 11.6. The summed E-state index contributed by atoms with van der Waals surface area (Å²) >= 11 is 0. The monoisotopic (exact) mass is 277 g/mol. The molecule has 0 aliphatic rings. The molecule has 20 heavy (non-hydrogen) atoms. The van der Waals surface area contributed by atoms with E-state index >= 15 is 0 Å². The van der Waals surface area contributed by atoms with E-state index in [0.29, 0.717) is 12.2 Å². The van der Waals surface area contributed by atoms with Crippen LogP contribution in [0.2, 0.25) is 0 Å². The fraction of sp³-hybridized carbons (Fsp3) is 0.647. The highest BCUT2D eigenvalue weighted by Crippen LogP contribution is 2.09. The van der Waals surface area contributed by atoms with Gasteiger partial charge < -0.3 is 4.74 Å². The van der Waals surface area contributed by atoms with Crippen molar-refractivity contribution in [3.05, 3.63) is 30.1 Å². The molecule has 1 aromatic rings. The fourth-order valence-electron chi connectivity index (χ4n) is 2.14. The number of hydrogen-bond acceptors (Lipinski definition) is 3. The van der Waals surface area contributed by atoms with Crippen molar-refractivity contribution in [1.29, 1.82) is 0 Å². The van der Waals surface area contributed by atoms with Gasteiger partial charge in [-0.3, -0.25) is 4.98 Å². The van der Waals surface area contributed by atoms with Crippen molar-refractivity contribution in [2.24, 2.45) is 0 Å². The molecule has 0 amide bonds. The molecule has 0 saturated heterocycles. The van der Waals surface area contributed by atoms with Crippen molar-refractivity contribution in [3.63, 3.8) is 0 Å². The standard InChI is InChI=1S/C17H27NO2/c1-2-3-4-5-6-7-8-9-10-14-20-17(19)16-12-11-13-18-15-16/h11-13,15H,2-10,14H2,1H3. The Balaban J connectivity index is 1.91. The first-order valence-corrected chi connectivity index (χ1v) is 7.91. The highest BCUT2D eigenvalue weighted by Gasteiger charge is 2.05. The Morgan fingerprint density at radius 1 is 1.05 bits per heavy atom. The van der Waals surface area contributed by atoms with Gasteiger partial charge in [0.1, 0.15) is 0 Å². The molecule has 0 N–H and O–H groups in total. The van der Waals surface area contributed by atoms with Crippen molar-refractivity contribution in [1.82, 2.24) is 4.98 Å². The highest BCUT2D eigenvalue weighted by molar-refractivity contribution is 5.88. The van der Waals surface area contributed by atoms with E-state index in [4.69, 9.17) is 4.74 Å². The zero-order valence-corrected chi connectivity index (χ0v) is 12.6. The molecule has 0 aliphatic heterocycles. The van der Waals surface area contributed by atoms with Gasteiger partial charge in [-0.1, -0.05) is 58.3 Å². The molecule has 0 spiro atoms. The number of hydrogen-bond donors (Lipinski definition) is 0. The van der Waals surface area contributed by atoms with Crippen LogP contribution in [0.25, 0.3) is 0 Å². The fourth-order valence-corrected chi connectivity index (χ4v) is 2.14. The molecule has 0 aliphatic carbocycles. The van der Waals surface area contributed by atoms with Crippen LogP contribution in [0.3, 0.4) is 0 Å². The average Bonchev–Trinajstić information content (AvgIpc) is 2.50. The van der Waals surface area contributed by atoms with Crippen molar-refractivity contribution >= 4 is 5.97 Å². The van der Waals surface area contributed by atoms with Crippen LogP contribution in [0.1, 0.15) is 75.1 Å². The Hall–Kier alpha value is -1.38. The summed E-state index contributed by atoms with van der Waals surface area (Å²) in [6, 6.07) is 3.47. The molecule has 0 radical (unpaired) electrons. The van der Waals surface area contributed by atoms with Gasteiger partial charge in [-0.2, -0.15) is 0 Å². The minimum atomic E-state index is -0.266. The van der Waals surface area contributed by atoms with Crippen LogP contribution in [-0.2, 0) is 4.74 Å². The van der Waals surface area contributed by atoms with Gasteiger partial charge in [-0.05, 0) is 18.6 Å². The van der Waals surface area contributed by atoms with Crippen molar-refractivity contribution in [2.75, 3.05) is 6.61 Å². The number of pyridine rings is 1. The van der Waals surface area contributed by atoms with Gasteiger partial charge in [-0.25, -0.2) is 4.79 Å². The second-order valence-corrected chi connectivity index (χ2v) is 5.21. The molecule has 1 heterocycles. The predicted molar refractivity (Wildman–Crippen MR) is 81.7 cm³/mol. The summed E-state index contributed by atoms with van der Waals surface area (Å²) < 4.78 is 5.21. The van der Waals surface area contributed by atoms with Crippen LogP contribution in [0.5, 0.6) is 0 Å². The van der Waals surface area contributed by atoms with Gasteiger partial charge in [0.15, 0.2) is 0 Å². The molecule has 0 bridgehead atoms. The number of carbonyl (C=O) groups is 1. The van der Waals surface area contributed by atoms with Crippen LogP contribution in [0.4, 0.5) is 0 Å².